The van der Waals surface area contributed by atoms with Gasteiger partial charge in [0.2, 0.25) is 5.91 Å². The van der Waals surface area contributed by atoms with Crippen LogP contribution in [0, 0.1) is 0 Å². The zero-order valence-corrected chi connectivity index (χ0v) is 7.76. The van der Waals surface area contributed by atoms with Crippen molar-refractivity contribution >= 4 is 22.7 Å². The molecule has 0 saturated heterocycles. The Bertz CT molecular complexity index is 351. The van der Waals surface area contributed by atoms with Crippen LogP contribution in [0.1, 0.15) is 6.92 Å². The highest BCUT2D eigenvalue weighted by atomic mass is 32.2. The number of nitrogens with one attached hydrogen (secondary N) is 1. The molecule has 1 atom stereocenters. The Morgan fingerprint density at radius 1 is 1.54 bits per heavy atom. The molecule has 0 spiro atoms. The Labute approximate surface area is 78.3 Å². The lowest BCUT2D eigenvalue weighted by Gasteiger charge is -2.07. The fraction of sp³-hybridized carbons (Fsp3) is 0.125. The van der Waals surface area contributed by atoms with Gasteiger partial charge in [0, 0.05) is 17.5 Å². The molecule has 0 saturated carbocycles. The number of carbonyl (C=O) groups excluding carboxylic acids is 1. The molecule has 0 fully saturated rings. The van der Waals surface area contributed by atoms with E-state index in [-0.39, 0.29) is 10.8 Å². The van der Waals surface area contributed by atoms with E-state index in [1.807, 2.05) is 0 Å². The van der Waals surface area contributed by atoms with E-state index < -0.39 is 11.1 Å². The quantitative estimate of drug-likeness (QED) is 0.717. The Balaban J connectivity index is 2.91. The average molecular weight is 198 g/mol. The number of benzene rings is 1. The molecule has 5 heteroatoms. The first-order valence-corrected chi connectivity index (χ1v) is 4.64. The first-order valence-electron chi connectivity index (χ1n) is 3.56. The second-order valence-electron chi connectivity index (χ2n) is 2.44. The van der Waals surface area contributed by atoms with Gasteiger partial charge in [-0.2, -0.15) is 0 Å². The highest BCUT2D eigenvalue weighted by molar-refractivity contribution is 7.79. The van der Waals surface area contributed by atoms with Gasteiger partial charge in [-0.1, -0.05) is 6.07 Å². The second-order valence-corrected chi connectivity index (χ2v) is 3.38. The molecule has 0 heterocycles. The van der Waals surface area contributed by atoms with Crippen LogP contribution in [0.4, 0.5) is 5.69 Å². The Morgan fingerprint density at radius 2 is 2.23 bits per heavy atom. The number of rotatable bonds is 2. The summed E-state index contributed by atoms with van der Waals surface area (Å²) < 4.78 is 21.1. The van der Waals surface area contributed by atoms with Crippen LogP contribution in [0.15, 0.2) is 29.2 Å². The first kappa shape index (κ1) is 9.88. The predicted molar refractivity (Wildman–Crippen MR) is 47.9 cm³/mol. The summed E-state index contributed by atoms with van der Waals surface area (Å²) in [4.78, 5) is 10.8. The van der Waals surface area contributed by atoms with Crippen molar-refractivity contribution in [3.8, 4) is 0 Å². The molecule has 0 bridgehead atoms. The lowest BCUT2D eigenvalue weighted by atomic mass is 10.3. The second kappa shape index (κ2) is 4.15. The van der Waals surface area contributed by atoms with Crippen LogP contribution in [0.5, 0.6) is 0 Å². The minimum atomic E-state index is -2.26. The van der Waals surface area contributed by atoms with Crippen LogP contribution in [0.3, 0.4) is 0 Å². The number of hydrogen-bond acceptors (Lipinski definition) is 3. The summed E-state index contributed by atoms with van der Waals surface area (Å²) in [5.41, 5.74) is 0.481. The first-order chi connectivity index (χ1) is 6.09. The zero-order chi connectivity index (χ0) is 9.84. The van der Waals surface area contributed by atoms with E-state index in [2.05, 4.69) is 5.32 Å². The van der Waals surface area contributed by atoms with E-state index >= 15 is 0 Å². The molecule has 1 aromatic rings. The van der Waals surface area contributed by atoms with Gasteiger partial charge in [0.1, 0.15) is 0 Å². The molecule has 0 radical (unpaired) electrons. The van der Waals surface area contributed by atoms with Gasteiger partial charge < -0.3 is 9.87 Å². The molecule has 13 heavy (non-hydrogen) atoms. The van der Waals surface area contributed by atoms with Crippen LogP contribution in [-0.4, -0.2) is 14.7 Å². The van der Waals surface area contributed by atoms with Crippen molar-refractivity contribution in [3.63, 3.8) is 0 Å². The highest BCUT2D eigenvalue weighted by Gasteiger charge is 1.97. The van der Waals surface area contributed by atoms with Crippen molar-refractivity contribution < 1.29 is 13.6 Å². The molecule has 1 unspecified atom stereocenters. The molecule has 0 aliphatic rings. The normalized spacial score (nSPS) is 12.2. The van der Waals surface area contributed by atoms with E-state index in [9.17, 15) is 13.6 Å². The average Bonchev–Trinajstić information content (AvgIpc) is 2.03. The molecule has 1 rings (SSSR count). The lowest BCUT2D eigenvalue weighted by Crippen LogP contribution is -2.05. The van der Waals surface area contributed by atoms with Crippen molar-refractivity contribution in [2.24, 2.45) is 0 Å². The van der Waals surface area contributed by atoms with Gasteiger partial charge >= 0.3 is 0 Å². The van der Waals surface area contributed by atoms with Crippen molar-refractivity contribution in [2.75, 3.05) is 5.32 Å². The van der Waals surface area contributed by atoms with E-state index in [0.717, 1.165) is 0 Å². The molecular weight excluding hydrogens is 190 g/mol. The van der Waals surface area contributed by atoms with Crippen molar-refractivity contribution in [3.05, 3.63) is 24.3 Å². The number of carbonyl (C=O) groups is 1. The van der Waals surface area contributed by atoms with Crippen LogP contribution < -0.4 is 5.32 Å². The fourth-order valence-electron chi connectivity index (χ4n) is 0.881. The van der Waals surface area contributed by atoms with Crippen LogP contribution in [0.25, 0.3) is 0 Å². The van der Waals surface area contributed by atoms with Crippen LogP contribution >= 0.6 is 0 Å². The van der Waals surface area contributed by atoms with Gasteiger partial charge in [-0.3, -0.25) is 9.00 Å². The Morgan fingerprint density at radius 3 is 2.77 bits per heavy atom. The topological polar surface area (TPSA) is 69.2 Å². The third kappa shape index (κ3) is 2.96. The fourth-order valence-corrected chi connectivity index (χ4v) is 1.29. The number of amides is 1. The van der Waals surface area contributed by atoms with Gasteiger partial charge in [-0.15, -0.1) is 0 Å². The Hall–Kier alpha value is -1.20. The summed E-state index contributed by atoms with van der Waals surface area (Å²) in [5.74, 6) is -0.228. The molecule has 0 aliphatic carbocycles. The predicted octanol–water partition coefficient (Wildman–Crippen LogP) is 0.883. The van der Waals surface area contributed by atoms with E-state index in [4.69, 9.17) is 0 Å². The van der Waals surface area contributed by atoms with E-state index in [1.54, 1.807) is 12.1 Å². The van der Waals surface area contributed by atoms with Crippen molar-refractivity contribution in [2.45, 2.75) is 11.8 Å². The maximum Gasteiger partial charge on any atom is 0.221 e. The number of hydrogen-bond donors (Lipinski definition) is 1. The summed E-state index contributed by atoms with van der Waals surface area (Å²) in [5, 5.41) is 2.49. The summed E-state index contributed by atoms with van der Waals surface area (Å²) in [7, 11) is 0. The number of anilines is 1. The molecule has 4 nitrogen and oxygen atoms in total. The van der Waals surface area contributed by atoms with E-state index in [0.29, 0.717) is 5.69 Å². The third-order valence-corrected chi connectivity index (χ3v) is 1.99. The monoisotopic (exact) mass is 198 g/mol. The minimum Gasteiger partial charge on any atom is -0.768 e. The summed E-state index contributed by atoms with van der Waals surface area (Å²) >= 11 is -2.26. The lowest BCUT2D eigenvalue weighted by molar-refractivity contribution is -0.114. The maximum atomic E-state index is 10.6. The van der Waals surface area contributed by atoms with Gasteiger partial charge in [0.25, 0.3) is 0 Å². The van der Waals surface area contributed by atoms with Crippen molar-refractivity contribution in [1.29, 1.82) is 0 Å². The zero-order valence-electron chi connectivity index (χ0n) is 6.94. The van der Waals surface area contributed by atoms with Gasteiger partial charge in [0.05, 0.1) is 0 Å². The van der Waals surface area contributed by atoms with Gasteiger partial charge in [-0.05, 0) is 29.3 Å². The SMILES string of the molecule is CC(=O)Nc1cccc(S(=O)[O-])c1. The molecule has 1 aromatic carbocycles. The standard InChI is InChI=1S/C8H9NO3S/c1-6(10)9-7-3-2-4-8(5-7)13(11)12/h2-5H,1H3,(H,9,10)(H,11,12)/p-1. The minimum absolute atomic E-state index is 0.159. The molecular formula is C8H8NO3S-. The molecule has 0 aliphatic heterocycles. The molecule has 0 aromatic heterocycles. The van der Waals surface area contributed by atoms with Crippen molar-refractivity contribution in [1.82, 2.24) is 0 Å². The maximum absolute atomic E-state index is 10.6. The van der Waals surface area contributed by atoms with Gasteiger partial charge in [-0.25, -0.2) is 0 Å². The molecule has 1 amide bonds. The molecule has 1 N–H and O–H groups in total. The molecule has 70 valence electrons. The Kier molecular flexibility index (Phi) is 3.16. The van der Waals surface area contributed by atoms with Crippen LogP contribution in [0.2, 0.25) is 0 Å². The largest absolute Gasteiger partial charge is 0.768 e. The third-order valence-electron chi connectivity index (χ3n) is 1.35. The van der Waals surface area contributed by atoms with E-state index in [1.165, 1.54) is 19.1 Å². The van der Waals surface area contributed by atoms with Crippen LogP contribution in [-0.2, 0) is 15.9 Å². The van der Waals surface area contributed by atoms with Gasteiger partial charge in [0.15, 0.2) is 0 Å². The highest BCUT2D eigenvalue weighted by Crippen LogP contribution is 2.12. The summed E-state index contributed by atoms with van der Waals surface area (Å²) in [6, 6.07) is 6.03. The summed E-state index contributed by atoms with van der Waals surface area (Å²) in [6.07, 6.45) is 0. The smallest absolute Gasteiger partial charge is 0.221 e. The summed E-state index contributed by atoms with van der Waals surface area (Å²) in [6.45, 7) is 1.36.